The smallest absolute Gasteiger partial charge is 0.335 e. The number of hydrogen-bond donors (Lipinski definition) is 1. The van der Waals surface area contributed by atoms with E-state index in [1.165, 1.54) is 0 Å². The normalized spacial score (nSPS) is 10.9. The maximum absolute atomic E-state index is 11.0. The Morgan fingerprint density at radius 3 is 3.06 bits per heavy atom. The monoisotopic (exact) mass is 259 g/mol. The second-order valence-corrected chi connectivity index (χ2v) is 4.82. The molecule has 0 radical (unpaired) electrons. The second-order valence-electron chi connectivity index (χ2n) is 3.85. The van der Waals surface area contributed by atoms with Crippen LogP contribution in [0.15, 0.2) is 36.2 Å². The minimum Gasteiger partial charge on any atom is -0.478 e. The third-order valence-electron chi connectivity index (χ3n) is 2.68. The lowest BCUT2D eigenvalue weighted by Crippen LogP contribution is -1.99. The highest BCUT2D eigenvalue weighted by Gasteiger charge is 2.08. The Bertz CT molecular complexity index is 703. The number of imidazole rings is 1. The Kier molecular flexibility index (Phi) is 2.56. The molecular weight excluding hydrogens is 250 g/mol. The van der Waals surface area contributed by atoms with Crippen LogP contribution in [0.25, 0.3) is 11.0 Å². The zero-order valence-corrected chi connectivity index (χ0v) is 10.1. The molecule has 1 aromatic carbocycles. The largest absolute Gasteiger partial charge is 0.478 e. The number of aromatic carboxylic acids is 1. The molecule has 1 N–H and O–H groups in total. The van der Waals surface area contributed by atoms with Gasteiger partial charge in [-0.2, -0.15) is 0 Å². The number of carbonyl (C=O) groups is 1. The highest BCUT2D eigenvalue weighted by molar-refractivity contribution is 7.09. The summed E-state index contributed by atoms with van der Waals surface area (Å²) in [6.07, 6.45) is 3.52. The Labute approximate surface area is 106 Å². The van der Waals surface area contributed by atoms with Crippen LogP contribution >= 0.6 is 11.3 Å². The van der Waals surface area contributed by atoms with Gasteiger partial charge in [-0.1, -0.05) is 0 Å². The summed E-state index contributed by atoms with van der Waals surface area (Å²) in [7, 11) is 0. The van der Waals surface area contributed by atoms with Crippen LogP contribution in [0.5, 0.6) is 0 Å². The molecule has 0 saturated carbocycles. The lowest BCUT2D eigenvalue weighted by molar-refractivity contribution is 0.0697. The fraction of sp³-hybridized carbons (Fsp3) is 0.0833. The van der Waals surface area contributed by atoms with Crippen molar-refractivity contribution in [3.63, 3.8) is 0 Å². The van der Waals surface area contributed by atoms with E-state index in [4.69, 9.17) is 5.11 Å². The average molecular weight is 259 g/mol. The number of carboxylic acid groups (broad SMARTS) is 1. The molecule has 0 fully saturated rings. The van der Waals surface area contributed by atoms with Gasteiger partial charge in [0.1, 0.15) is 0 Å². The lowest BCUT2D eigenvalue weighted by atomic mass is 10.2. The number of aromatic nitrogens is 3. The number of benzene rings is 1. The van der Waals surface area contributed by atoms with Crippen molar-refractivity contribution in [3.8, 4) is 0 Å². The summed E-state index contributed by atoms with van der Waals surface area (Å²) in [6, 6.07) is 4.93. The number of rotatable bonds is 3. The van der Waals surface area contributed by atoms with Gasteiger partial charge in [-0.25, -0.2) is 9.78 Å². The van der Waals surface area contributed by atoms with E-state index in [1.54, 1.807) is 47.6 Å². The Hall–Kier alpha value is -2.21. The molecule has 3 rings (SSSR count). The first-order valence-electron chi connectivity index (χ1n) is 5.29. The molecule has 90 valence electrons. The predicted octanol–water partition coefficient (Wildman–Crippen LogP) is 2.24. The van der Waals surface area contributed by atoms with Crippen molar-refractivity contribution < 1.29 is 9.90 Å². The van der Waals surface area contributed by atoms with E-state index in [0.29, 0.717) is 6.54 Å². The molecule has 3 aromatic rings. The van der Waals surface area contributed by atoms with Gasteiger partial charge >= 0.3 is 5.97 Å². The molecule has 0 aliphatic heterocycles. The molecule has 2 aromatic heterocycles. The number of carboxylic acids is 1. The summed E-state index contributed by atoms with van der Waals surface area (Å²) in [5.41, 5.74) is 3.67. The number of fused-ring (bicyclic) bond motifs is 1. The average Bonchev–Trinajstić information content (AvgIpc) is 2.99. The number of nitrogens with zero attached hydrogens (tertiary/aromatic N) is 3. The van der Waals surface area contributed by atoms with Gasteiger partial charge in [-0.15, -0.1) is 11.3 Å². The zero-order chi connectivity index (χ0) is 12.5. The molecule has 0 atom stereocenters. The number of thiazole rings is 1. The van der Waals surface area contributed by atoms with Crippen LogP contribution < -0.4 is 0 Å². The van der Waals surface area contributed by atoms with E-state index in [-0.39, 0.29) is 5.56 Å². The third kappa shape index (κ3) is 1.86. The van der Waals surface area contributed by atoms with E-state index >= 15 is 0 Å². The maximum Gasteiger partial charge on any atom is 0.335 e. The summed E-state index contributed by atoms with van der Waals surface area (Å²) in [5.74, 6) is -0.928. The fourth-order valence-electron chi connectivity index (χ4n) is 1.80. The minimum absolute atomic E-state index is 0.272. The van der Waals surface area contributed by atoms with E-state index in [0.717, 1.165) is 15.9 Å². The first-order valence-corrected chi connectivity index (χ1v) is 6.17. The van der Waals surface area contributed by atoms with E-state index < -0.39 is 5.97 Å². The van der Waals surface area contributed by atoms with E-state index in [9.17, 15) is 4.79 Å². The summed E-state index contributed by atoms with van der Waals surface area (Å²) >= 11 is 1.56. The highest BCUT2D eigenvalue weighted by atomic mass is 32.1. The number of hydrogen-bond acceptors (Lipinski definition) is 4. The van der Waals surface area contributed by atoms with Crippen molar-refractivity contribution in [2.45, 2.75) is 6.54 Å². The van der Waals surface area contributed by atoms with Crippen LogP contribution in [-0.2, 0) is 6.54 Å². The molecule has 0 aliphatic rings. The van der Waals surface area contributed by atoms with Crippen LogP contribution in [0, 0.1) is 0 Å². The Morgan fingerprint density at radius 1 is 1.44 bits per heavy atom. The van der Waals surface area contributed by atoms with Gasteiger partial charge in [-0.3, -0.25) is 4.98 Å². The van der Waals surface area contributed by atoms with Crippen molar-refractivity contribution in [3.05, 3.63) is 46.7 Å². The first-order chi connectivity index (χ1) is 8.74. The van der Waals surface area contributed by atoms with E-state index in [2.05, 4.69) is 9.97 Å². The van der Waals surface area contributed by atoms with Crippen LogP contribution in [0.4, 0.5) is 0 Å². The molecule has 0 aliphatic carbocycles. The maximum atomic E-state index is 11.0. The zero-order valence-electron chi connectivity index (χ0n) is 9.28. The van der Waals surface area contributed by atoms with Gasteiger partial charge < -0.3 is 9.67 Å². The quantitative estimate of drug-likeness (QED) is 0.783. The molecule has 0 bridgehead atoms. The first kappa shape index (κ1) is 10.9. The topological polar surface area (TPSA) is 68.0 Å². The second kappa shape index (κ2) is 4.23. The van der Waals surface area contributed by atoms with Gasteiger partial charge in [0.25, 0.3) is 0 Å². The minimum atomic E-state index is -0.928. The fourth-order valence-corrected chi connectivity index (χ4v) is 2.40. The van der Waals surface area contributed by atoms with E-state index in [1.807, 2.05) is 4.57 Å². The Morgan fingerprint density at radius 2 is 2.33 bits per heavy atom. The summed E-state index contributed by atoms with van der Waals surface area (Å²) < 4.78 is 1.93. The van der Waals surface area contributed by atoms with Crippen LogP contribution in [0.1, 0.15) is 15.2 Å². The van der Waals surface area contributed by atoms with Crippen molar-refractivity contribution in [1.82, 2.24) is 14.5 Å². The standard InChI is InChI=1S/C12H9N3O2S/c16-12(17)8-1-2-10-11(3-8)15(6-14-10)5-9-4-13-7-18-9/h1-4,6-7H,5H2,(H,16,17). The third-order valence-corrected chi connectivity index (χ3v) is 3.44. The molecule has 6 heteroatoms. The van der Waals surface area contributed by atoms with Crippen molar-refractivity contribution in [2.24, 2.45) is 0 Å². The molecular formula is C12H9N3O2S. The van der Waals surface area contributed by atoms with Gasteiger partial charge in [0.05, 0.1) is 35.0 Å². The molecule has 2 heterocycles. The predicted molar refractivity (Wildman–Crippen MR) is 67.9 cm³/mol. The Balaban J connectivity index is 2.06. The molecule has 0 saturated heterocycles. The lowest BCUT2D eigenvalue weighted by Gasteiger charge is -2.02. The molecule has 0 amide bonds. The van der Waals surface area contributed by atoms with Gasteiger partial charge in [0.15, 0.2) is 0 Å². The molecule has 0 spiro atoms. The van der Waals surface area contributed by atoms with Crippen LogP contribution in [0.2, 0.25) is 0 Å². The van der Waals surface area contributed by atoms with Crippen molar-refractivity contribution in [2.75, 3.05) is 0 Å². The molecule has 0 unspecified atom stereocenters. The van der Waals surface area contributed by atoms with Gasteiger partial charge in [0, 0.05) is 11.1 Å². The van der Waals surface area contributed by atoms with Crippen molar-refractivity contribution in [1.29, 1.82) is 0 Å². The summed E-state index contributed by atoms with van der Waals surface area (Å²) in [6.45, 7) is 0.657. The SMILES string of the molecule is O=C(O)c1ccc2ncn(Cc3cncs3)c2c1. The molecule has 18 heavy (non-hydrogen) atoms. The highest BCUT2D eigenvalue weighted by Crippen LogP contribution is 2.17. The van der Waals surface area contributed by atoms with Gasteiger partial charge in [0.2, 0.25) is 0 Å². The molecule has 5 nitrogen and oxygen atoms in total. The van der Waals surface area contributed by atoms with Crippen molar-refractivity contribution >= 4 is 28.3 Å². The van der Waals surface area contributed by atoms with Crippen LogP contribution in [-0.4, -0.2) is 25.6 Å². The summed E-state index contributed by atoms with van der Waals surface area (Å²) in [4.78, 5) is 20.3. The summed E-state index contributed by atoms with van der Waals surface area (Å²) in [5, 5.41) is 8.99. The van der Waals surface area contributed by atoms with Gasteiger partial charge in [-0.05, 0) is 18.2 Å². The van der Waals surface area contributed by atoms with Crippen LogP contribution in [0.3, 0.4) is 0 Å².